The first-order valence-corrected chi connectivity index (χ1v) is 12.5. The largest absolute Gasteiger partial charge is 0.480 e. The molecule has 0 saturated heterocycles. The molecule has 4 nitrogen and oxygen atoms in total. The van der Waals surface area contributed by atoms with Crippen molar-refractivity contribution in [2.75, 3.05) is 0 Å². The van der Waals surface area contributed by atoms with E-state index in [0.717, 1.165) is 16.3 Å². The normalized spacial score (nSPS) is 12.8. The molecule has 0 heterocycles. The van der Waals surface area contributed by atoms with Crippen LogP contribution in [0.3, 0.4) is 0 Å². The van der Waals surface area contributed by atoms with Crippen LogP contribution in [0.15, 0.2) is 42.5 Å². The Balaban J connectivity index is 2.03. The summed E-state index contributed by atoms with van der Waals surface area (Å²) in [4.78, 5) is 23.9. The van der Waals surface area contributed by atoms with Gasteiger partial charge in [-0.2, -0.15) is 0 Å². The predicted molar refractivity (Wildman–Crippen MR) is 117 cm³/mol. The molecule has 28 heavy (non-hydrogen) atoms. The number of carbonyl (C=O) groups excluding carboxylic acids is 1. The Kier molecular flexibility index (Phi) is 6.68. The van der Waals surface area contributed by atoms with Crippen LogP contribution in [0.25, 0.3) is 10.8 Å². The van der Waals surface area contributed by atoms with Gasteiger partial charge in [-0.15, -0.1) is 11.5 Å². The van der Waals surface area contributed by atoms with Crippen molar-refractivity contribution in [3.05, 3.63) is 48.0 Å². The molecule has 0 aliphatic heterocycles. The molecule has 0 aliphatic rings. The predicted octanol–water partition coefficient (Wildman–Crippen LogP) is 4.39. The van der Waals surface area contributed by atoms with E-state index in [1.165, 1.54) is 0 Å². The highest BCUT2D eigenvalue weighted by Crippen LogP contribution is 2.35. The van der Waals surface area contributed by atoms with Gasteiger partial charge < -0.3 is 10.4 Å². The molecule has 1 atom stereocenters. The molecule has 2 rings (SSSR count). The van der Waals surface area contributed by atoms with Gasteiger partial charge in [0.05, 0.1) is 6.42 Å². The summed E-state index contributed by atoms with van der Waals surface area (Å²) >= 11 is 0. The summed E-state index contributed by atoms with van der Waals surface area (Å²) in [5.74, 6) is 1.66. The summed E-state index contributed by atoms with van der Waals surface area (Å²) in [5, 5.41) is 14.3. The summed E-state index contributed by atoms with van der Waals surface area (Å²) in [5.41, 5.74) is 4.16. The Bertz CT molecular complexity index is 932. The van der Waals surface area contributed by atoms with Crippen LogP contribution in [0.4, 0.5) is 0 Å². The molecular formula is C23H29NO3Si. The molecule has 0 radical (unpaired) electrons. The van der Waals surface area contributed by atoms with E-state index >= 15 is 0 Å². The number of rotatable bonds is 5. The highest BCUT2D eigenvalue weighted by Gasteiger charge is 2.33. The summed E-state index contributed by atoms with van der Waals surface area (Å²) in [6.07, 6.45) is 0.260. The zero-order valence-corrected chi connectivity index (χ0v) is 18.3. The van der Waals surface area contributed by atoms with Crippen molar-refractivity contribution in [2.24, 2.45) is 0 Å². The van der Waals surface area contributed by atoms with E-state index in [2.05, 4.69) is 50.6 Å². The average Bonchev–Trinajstić information content (AvgIpc) is 2.59. The van der Waals surface area contributed by atoms with Gasteiger partial charge in [0.2, 0.25) is 5.91 Å². The summed E-state index contributed by atoms with van der Waals surface area (Å²) < 4.78 is 0. The number of amides is 1. The Morgan fingerprint density at radius 3 is 2.36 bits per heavy atom. The van der Waals surface area contributed by atoms with Crippen LogP contribution in [0.5, 0.6) is 0 Å². The zero-order chi connectivity index (χ0) is 20.9. The molecule has 0 bridgehead atoms. The molecule has 148 valence electrons. The fraction of sp³-hybridized carbons (Fsp3) is 0.391. The number of hydrogen-bond acceptors (Lipinski definition) is 2. The second-order valence-corrected chi connectivity index (χ2v) is 13.7. The molecule has 2 N–H and O–H groups in total. The van der Waals surface area contributed by atoms with E-state index in [0.29, 0.717) is 0 Å². The van der Waals surface area contributed by atoms with Gasteiger partial charge in [0.15, 0.2) is 0 Å². The van der Waals surface area contributed by atoms with Crippen LogP contribution in [-0.2, 0) is 16.0 Å². The lowest BCUT2D eigenvalue weighted by molar-refractivity contribution is -0.141. The second kappa shape index (κ2) is 8.62. The minimum atomic E-state index is -1.80. The van der Waals surface area contributed by atoms with Crippen molar-refractivity contribution in [2.45, 2.75) is 57.8 Å². The SMILES string of the molecule is CC(C)(C)[Si](C)(C)C#CC[C@H](NC(=O)Cc1ccc2ccccc2c1)C(=O)O. The summed E-state index contributed by atoms with van der Waals surface area (Å²) in [6, 6.07) is 12.8. The average molecular weight is 396 g/mol. The number of carboxylic acid groups (broad SMARTS) is 1. The molecule has 1 amide bonds. The second-order valence-electron chi connectivity index (χ2n) is 8.70. The van der Waals surface area contributed by atoms with E-state index in [-0.39, 0.29) is 23.8 Å². The summed E-state index contributed by atoms with van der Waals surface area (Å²) in [6.45, 7) is 10.8. The molecule has 0 saturated carbocycles. The van der Waals surface area contributed by atoms with Crippen LogP contribution in [0.2, 0.25) is 18.1 Å². The van der Waals surface area contributed by atoms with Crippen molar-refractivity contribution in [1.82, 2.24) is 5.32 Å². The maximum atomic E-state index is 12.4. The lowest BCUT2D eigenvalue weighted by atomic mass is 10.0. The maximum absolute atomic E-state index is 12.4. The Hall–Kier alpha value is -2.58. The van der Waals surface area contributed by atoms with Crippen molar-refractivity contribution >= 4 is 30.7 Å². The van der Waals surface area contributed by atoms with E-state index in [1.807, 2.05) is 42.5 Å². The third-order valence-electron chi connectivity index (χ3n) is 5.39. The van der Waals surface area contributed by atoms with Crippen LogP contribution < -0.4 is 5.32 Å². The molecule has 0 aliphatic carbocycles. The number of aliphatic carboxylic acids is 1. The molecule has 5 heteroatoms. The molecule has 0 spiro atoms. The van der Waals surface area contributed by atoms with Crippen LogP contribution in [-0.4, -0.2) is 31.1 Å². The van der Waals surface area contributed by atoms with Gasteiger partial charge in [-0.1, -0.05) is 76.3 Å². The van der Waals surface area contributed by atoms with Crippen molar-refractivity contribution < 1.29 is 14.7 Å². The Morgan fingerprint density at radius 1 is 1.11 bits per heavy atom. The number of benzene rings is 2. The number of fused-ring (bicyclic) bond motifs is 1. The first-order valence-electron chi connectivity index (χ1n) is 9.49. The number of carboxylic acids is 1. The third kappa shape index (κ3) is 5.70. The third-order valence-corrected chi connectivity index (χ3v) is 9.95. The fourth-order valence-electron chi connectivity index (χ4n) is 2.54. The topological polar surface area (TPSA) is 66.4 Å². The van der Waals surface area contributed by atoms with Gasteiger partial charge in [-0.05, 0) is 21.4 Å². The van der Waals surface area contributed by atoms with Gasteiger partial charge in [0.25, 0.3) is 0 Å². The standard InChI is InChI=1S/C23H29NO3Si/c1-23(2,3)28(4,5)14-8-11-20(22(26)27)24-21(25)16-17-12-13-18-9-6-7-10-19(18)15-17/h6-7,9-10,12-13,15,20H,11,16H2,1-5H3,(H,24,25)(H,26,27)/t20-/m0/s1. The number of nitrogens with one attached hydrogen (secondary N) is 1. The van der Waals surface area contributed by atoms with E-state index < -0.39 is 20.1 Å². The first kappa shape index (κ1) is 21.7. The summed E-state index contributed by atoms with van der Waals surface area (Å²) in [7, 11) is -1.80. The molecule has 0 unspecified atom stereocenters. The van der Waals surface area contributed by atoms with E-state index in [1.54, 1.807) is 0 Å². The zero-order valence-electron chi connectivity index (χ0n) is 17.3. The molecular weight excluding hydrogens is 366 g/mol. The fourth-order valence-corrected chi connectivity index (χ4v) is 3.46. The minimum absolute atomic E-state index is 0.109. The quantitative estimate of drug-likeness (QED) is 0.583. The van der Waals surface area contributed by atoms with Crippen LogP contribution in [0, 0.1) is 11.5 Å². The highest BCUT2D eigenvalue weighted by molar-refractivity contribution is 6.87. The monoisotopic (exact) mass is 395 g/mol. The van der Waals surface area contributed by atoms with E-state index in [9.17, 15) is 14.7 Å². The molecule has 0 fully saturated rings. The molecule has 2 aromatic rings. The van der Waals surface area contributed by atoms with Gasteiger partial charge in [-0.25, -0.2) is 4.79 Å². The minimum Gasteiger partial charge on any atom is -0.480 e. The van der Waals surface area contributed by atoms with Crippen molar-refractivity contribution in [1.29, 1.82) is 0 Å². The number of carbonyl (C=O) groups is 2. The Labute approximate surface area is 168 Å². The van der Waals surface area contributed by atoms with Crippen molar-refractivity contribution in [3.8, 4) is 11.5 Å². The molecule has 2 aromatic carbocycles. The van der Waals surface area contributed by atoms with Gasteiger partial charge in [-0.3, -0.25) is 4.79 Å². The smallest absolute Gasteiger partial charge is 0.327 e. The van der Waals surface area contributed by atoms with Crippen molar-refractivity contribution in [3.63, 3.8) is 0 Å². The Morgan fingerprint density at radius 2 is 1.75 bits per heavy atom. The number of hydrogen-bond donors (Lipinski definition) is 2. The van der Waals surface area contributed by atoms with Gasteiger partial charge >= 0.3 is 5.97 Å². The van der Waals surface area contributed by atoms with Crippen LogP contribution >= 0.6 is 0 Å². The highest BCUT2D eigenvalue weighted by atomic mass is 28.3. The van der Waals surface area contributed by atoms with E-state index in [4.69, 9.17) is 0 Å². The van der Waals surface area contributed by atoms with Gasteiger partial charge in [0, 0.05) is 6.42 Å². The lowest BCUT2D eigenvalue weighted by Gasteiger charge is -2.31. The van der Waals surface area contributed by atoms with Crippen LogP contribution in [0.1, 0.15) is 32.8 Å². The maximum Gasteiger partial charge on any atom is 0.327 e. The molecule has 0 aromatic heterocycles. The first-order chi connectivity index (χ1) is 13.0. The lowest BCUT2D eigenvalue weighted by Crippen LogP contribution is -2.41. The van der Waals surface area contributed by atoms with Gasteiger partial charge in [0.1, 0.15) is 14.1 Å².